The SMILES string of the molecule is Cc1ncc(C(=O)Nc2ccc(Br)cc2)o1. The number of nitrogens with one attached hydrogen (secondary N) is 1. The number of aryl methyl sites for hydroxylation is 1. The van der Waals surface area contributed by atoms with E-state index in [4.69, 9.17) is 4.42 Å². The van der Waals surface area contributed by atoms with Gasteiger partial charge in [-0.25, -0.2) is 4.98 Å². The lowest BCUT2D eigenvalue weighted by atomic mass is 10.3. The maximum Gasteiger partial charge on any atom is 0.293 e. The summed E-state index contributed by atoms with van der Waals surface area (Å²) in [6.07, 6.45) is 1.41. The first-order valence-corrected chi connectivity index (χ1v) is 5.44. The molecule has 4 nitrogen and oxygen atoms in total. The Morgan fingerprint density at radius 3 is 2.62 bits per heavy atom. The Hall–Kier alpha value is -1.62. The maximum atomic E-state index is 11.7. The van der Waals surface area contributed by atoms with Crippen molar-refractivity contribution in [3.8, 4) is 0 Å². The molecule has 5 heteroatoms. The summed E-state index contributed by atoms with van der Waals surface area (Å²) in [6.45, 7) is 1.69. The van der Waals surface area contributed by atoms with Gasteiger partial charge in [-0.1, -0.05) is 15.9 Å². The standard InChI is InChI=1S/C11H9BrN2O2/c1-7-13-6-10(16-7)11(15)14-9-4-2-8(12)3-5-9/h2-6H,1H3,(H,14,15). The first kappa shape index (κ1) is 10.9. The lowest BCUT2D eigenvalue weighted by Gasteiger charge is -2.02. The second kappa shape index (κ2) is 4.49. The van der Waals surface area contributed by atoms with Crippen molar-refractivity contribution in [3.05, 3.63) is 46.6 Å². The van der Waals surface area contributed by atoms with Gasteiger partial charge in [0.1, 0.15) is 0 Å². The molecule has 1 aromatic carbocycles. The predicted octanol–water partition coefficient (Wildman–Crippen LogP) is 3.00. The molecule has 2 rings (SSSR count). The van der Waals surface area contributed by atoms with Gasteiger partial charge in [0.25, 0.3) is 5.91 Å². The van der Waals surface area contributed by atoms with E-state index in [1.807, 2.05) is 12.1 Å². The molecular weight excluding hydrogens is 272 g/mol. The Kier molecular flexibility index (Phi) is 3.05. The van der Waals surface area contributed by atoms with Crippen LogP contribution in [0.4, 0.5) is 5.69 Å². The van der Waals surface area contributed by atoms with Crippen molar-refractivity contribution in [2.24, 2.45) is 0 Å². The molecule has 0 spiro atoms. The summed E-state index contributed by atoms with van der Waals surface area (Å²) in [6, 6.07) is 7.29. The van der Waals surface area contributed by atoms with Crippen molar-refractivity contribution in [3.63, 3.8) is 0 Å². The maximum absolute atomic E-state index is 11.7. The van der Waals surface area contributed by atoms with Crippen LogP contribution in [0.15, 0.2) is 39.4 Å². The Morgan fingerprint density at radius 1 is 1.38 bits per heavy atom. The van der Waals surface area contributed by atoms with Crippen LogP contribution in [-0.2, 0) is 0 Å². The molecule has 0 radical (unpaired) electrons. The number of halogens is 1. The van der Waals surface area contributed by atoms with Crippen LogP contribution in [0.2, 0.25) is 0 Å². The highest BCUT2D eigenvalue weighted by Crippen LogP contribution is 2.15. The van der Waals surface area contributed by atoms with Crippen LogP contribution in [0, 0.1) is 6.92 Å². The third-order valence-electron chi connectivity index (χ3n) is 1.95. The largest absolute Gasteiger partial charge is 0.436 e. The van der Waals surface area contributed by atoms with Crippen LogP contribution in [0.3, 0.4) is 0 Å². The van der Waals surface area contributed by atoms with E-state index in [1.165, 1.54) is 6.20 Å². The zero-order valence-corrected chi connectivity index (χ0v) is 10.1. The minimum Gasteiger partial charge on any atom is -0.436 e. The van der Waals surface area contributed by atoms with E-state index < -0.39 is 0 Å². The quantitative estimate of drug-likeness (QED) is 0.920. The number of aromatic nitrogens is 1. The van der Waals surface area contributed by atoms with Gasteiger partial charge in [0.2, 0.25) is 5.76 Å². The molecule has 0 aliphatic carbocycles. The van der Waals surface area contributed by atoms with Crippen LogP contribution in [0.25, 0.3) is 0 Å². The van der Waals surface area contributed by atoms with Crippen molar-refractivity contribution in [1.82, 2.24) is 4.98 Å². The summed E-state index contributed by atoms with van der Waals surface area (Å²) >= 11 is 3.32. The lowest BCUT2D eigenvalue weighted by molar-refractivity contribution is 0.0995. The molecule has 0 bridgehead atoms. The summed E-state index contributed by atoms with van der Waals surface area (Å²) in [5.41, 5.74) is 0.710. The van der Waals surface area contributed by atoms with Gasteiger partial charge in [0.15, 0.2) is 5.89 Å². The van der Waals surface area contributed by atoms with Crippen LogP contribution in [-0.4, -0.2) is 10.9 Å². The molecule has 0 saturated heterocycles. The average Bonchev–Trinajstić information content (AvgIpc) is 2.68. The van der Waals surface area contributed by atoms with E-state index in [0.717, 1.165) is 4.47 Å². The first-order chi connectivity index (χ1) is 7.65. The summed E-state index contributed by atoms with van der Waals surface area (Å²) < 4.78 is 6.07. The van der Waals surface area contributed by atoms with Crippen molar-refractivity contribution in [2.75, 3.05) is 5.32 Å². The molecule has 2 aromatic rings. The summed E-state index contributed by atoms with van der Waals surface area (Å²) in [5.74, 6) is 0.379. The number of anilines is 1. The molecule has 1 heterocycles. The minimum absolute atomic E-state index is 0.209. The van der Waals surface area contributed by atoms with E-state index >= 15 is 0 Å². The van der Waals surface area contributed by atoms with E-state index in [9.17, 15) is 4.79 Å². The molecule has 0 fully saturated rings. The number of hydrogen-bond acceptors (Lipinski definition) is 3. The van der Waals surface area contributed by atoms with Crippen molar-refractivity contribution in [1.29, 1.82) is 0 Å². The van der Waals surface area contributed by atoms with Crippen LogP contribution in [0.1, 0.15) is 16.4 Å². The molecule has 0 aliphatic rings. The van der Waals surface area contributed by atoms with Crippen LogP contribution < -0.4 is 5.32 Å². The normalized spacial score (nSPS) is 10.1. The molecule has 1 aromatic heterocycles. The van der Waals surface area contributed by atoms with Crippen LogP contribution in [0.5, 0.6) is 0 Å². The summed E-state index contributed by atoms with van der Waals surface area (Å²) in [5, 5.41) is 2.71. The fourth-order valence-electron chi connectivity index (χ4n) is 1.19. The highest BCUT2D eigenvalue weighted by Gasteiger charge is 2.10. The number of nitrogens with zero attached hydrogens (tertiary/aromatic N) is 1. The first-order valence-electron chi connectivity index (χ1n) is 4.64. The fourth-order valence-corrected chi connectivity index (χ4v) is 1.46. The van der Waals surface area contributed by atoms with E-state index in [-0.39, 0.29) is 11.7 Å². The molecule has 1 amide bonds. The lowest BCUT2D eigenvalue weighted by Crippen LogP contribution is -2.10. The molecule has 16 heavy (non-hydrogen) atoms. The number of carbonyl (C=O) groups excluding carboxylic acids is 1. The monoisotopic (exact) mass is 280 g/mol. The molecule has 1 N–H and O–H groups in total. The van der Waals surface area contributed by atoms with Gasteiger partial charge >= 0.3 is 0 Å². The number of carbonyl (C=O) groups is 1. The number of amides is 1. The fraction of sp³-hybridized carbons (Fsp3) is 0.0909. The van der Waals surface area contributed by atoms with Gasteiger partial charge in [-0.3, -0.25) is 4.79 Å². The Bertz CT molecular complexity index is 505. The Morgan fingerprint density at radius 2 is 2.06 bits per heavy atom. The predicted molar refractivity (Wildman–Crippen MR) is 63.3 cm³/mol. The topological polar surface area (TPSA) is 55.1 Å². The minimum atomic E-state index is -0.303. The highest BCUT2D eigenvalue weighted by molar-refractivity contribution is 9.10. The van der Waals surface area contributed by atoms with Gasteiger partial charge in [-0.2, -0.15) is 0 Å². The van der Waals surface area contributed by atoms with Gasteiger partial charge in [-0.15, -0.1) is 0 Å². The van der Waals surface area contributed by atoms with E-state index in [0.29, 0.717) is 11.6 Å². The van der Waals surface area contributed by atoms with Gasteiger partial charge in [0, 0.05) is 17.1 Å². The average molecular weight is 281 g/mol. The smallest absolute Gasteiger partial charge is 0.293 e. The van der Waals surface area contributed by atoms with E-state index in [2.05, 4.69) is 26.2 Å². The molecule has 0 unspecified atom stereocenters. The Labute approximate surface area is 101 Å². The number of rotatable bonds is 2. The van der Waals surface area contributed by atoms with Crippen LogP contribution >= 0.6 is 15.9 Å². The number of hydrogen-bond donors (Lipinski definition) is 1. The second-order valence-corrected chi connectivity index (χ2v) is 4.12. The summed E-state index contributed by atoms with van der Waals surface area (Å²) in [4.78, 5) is 15.5. The molecule has 0 atom stereocenters. The second-order valence-electron chi connectivity index (χ2n) is 3.20. The third kappa shape index (κ3) is 2.49. The zero-order chi connectivity index (χ0) is 11.5. The van der Waals surface area contributed by atoms with Crippen molar-refractivity contribution < 1.29 is 9.21 Å². The molecule has 0 saturated carbocycles. The third-order valence-corrected chi connectivity index (χ3v) is 2.48. The highest BCUT2D eigenvalue weighted by atomic mass is 79.9. The zero-order valence-electron chi connectivity index (χ0n) is 8.53. The molecule has 0 aliphatic heterocycles. The van der Waals surface area contributed by atoms with Gasteiger partial charge in [0.05, 0.1) is 6.20 Å². The van der Waals surface area contributed by atoms with E-state index in [1.54, 1.807) is 19.1 Å². The van der Waals surface area contributed by atoms with Gasteiger partial charge in [-0.05, 0) is 24.3 Å². The number of benzene rings is 1. The molecular formula is C11H9BrN2O2. The number of oxazole rings is 1. The van der Waals surface area contributed by atoms with Crippen molar-refractivity contribution >= 4 is 27.5 Å². The Balaban J connectivity index is 2.10. The van der Waals surface area contributed by atoms with Gasteiger partial charge < -0.3 is 9.73 Å². The molecule has 82 valence electrons. The summed E-state index contributed by atoms with van der Waals surface area (Å²) in [7, 11) is 0. The van der Waals surface area contributed by atoms with Crippen molar-refractivity contribution in [2.45, 2.75) is 6.92 Å².